The molecule has 0 bridgehead atoms. The normalized spacial score (nSPS) is 19.5. The summed E-state index contributed by atoms with van der Waals surface area (Å²) >= 11 is 0. The molecule has 1 aliphatic rings. The molecule has 1 aliphatic carbocycles. The summed E-state index contributed by atoms with van der Waals surface area (Å²) in [6.45, 7) is -5.46. The molecule has 0 atom stereocenters. The molecule has 0 spiro atoms. The molecule has 0 amide bonds. The van der Waals surface area contributed by atoms with Crippen molar-refractivity contribution in [3.63, 3.8) is 0 Å². The van der Waals surface area contributed by atoms with Crippen molar-refractivity contribution >= 4 is 6.98 Å². The van der Waals surface area contributed by atoms with Crippen LogP contribution in [-0.2, 0) is 4.74 Å². The van der Waals surface area contributed by atoms with Crippen LogP contribution in [0.2, 0.25) is 0 Å². The Labute approximate surface area is 57.6 Å². The maximum atomic E-state index is 11.5. The maximum absolute atomic E-state index is 11.5. The lowest BCUT2D eigenvalue weighted by atomic mass is 9.95. The van der Waals surface area contributed by atoms with E-state index in [1.165, 1.54) is 0 Å². The van der Waals surface area contributed by atoms with Crippen molar-refractivity contribution < 1.29 is 17.7 Å². The Bertz CT molecular complexity index is 110. The Kier molecular flexibility index (Phi) is 2.23. The van der Waals surface area contributed by atoms with E-state index in [2.05, 4.69) is 4.74 Å². The third-order valence-corrected chi connectivity index (χ3v) is 1.36. The van der Waals surface area contributed by atoms with Crippen molar-refractivity contribution in [2.45, 2.75) is 12.8 Å². The topological polar surface area (TPSA) is 9.23 Å². The van der Waals surface area contributed by atoms with Crippen LogP contribution >= 0.6 is 0 Å². The van der Waals surface area contributed by atoms with Gasteiger partial charge in [-0.05, 0) is 18.8 Å². The molecule has 60 valence electrons. The van der Waals surface area contributed by atoms with Gasteiger partial charge in [-0.1, -0.05) is 0 Å². The zero-order chi connectivity index (χ0) is 7.61. The van der Waals surface area contributed by atoms with Crippen LogP contribution in [0.5, 0.6) is 0 Å². The fraction of sp³-hybridized carbons (Fsp3) is 1.00. The van der Waals surface area contributed by atoms with E-state index in [9.17, 15) is 12.9 Å². The molecule has 1 rings (SSSR count). The van der Waals surface area contributed by atoms with Crippen molar-refractivity contribution in [1.82, 2.24) is 0 Å². The summed E-state index contributed by atoms with van der Waals surface area (Å²) in [6.07, 6.45) is 2.07. The van der Waals surface area contributed by atoms with Crippen LogP contribution in [-0.4, -0.2) is 20.1 Å². The smallest absolute Gasteiger partial charge is 0.447 e. The second-order valence-electron chi connectivity index (χ2n) is 2.69. The van der Waals surface area contributed by atoms with Gasteiger partial charge in [0.2, 0.25) is 0 Å². The molecule has 5 heteroatoms. The predicted molar refractivity (Wildman–Crippen MR) is 32.6 cm³/mol. The van der Waals surface area contributed by atoms with Crippen LogP contribution in [0, 0.1) is 5.92 Å². The van der Waals surface area contributed by atoms with Gasteiger partial charge in [0, 0.05) is 13.1 Å². The van der Waals surface area contributed by atoms with Gasteiger partial charge >= 0.3 is 6.98 Å². The van der Waals surface area contributed by atoms with E-state index >= 15 is 0 Å². The Hall–Kier alpha value is -0.185. The molecule has 0 aromatic heterocycles. The maximum Gasteiger partial charge on any atom is 0.503 e. The van der Waals surface area contributed by atoms with E-state index < -0.39 is 13.5 Å². The van der Waals surface area contributed by atoms with E-state index in [1.54, 1.807) is 0 Å². The molecule has 10 heavy (non-hydrogen) atoms. The second kappa shape index (κ2) is 2.82. The van der Waals surface area contributed by atoms with Crippen molar-refractivity contribution in [3.8, 4) is 0 Å². The average Bonchev–Trinajstić information content (AvgIpc) is 2.45. The van der Waals surface area contributed by atoms with Gasteiger partial charge in [-0.25, -0.2) is 0 Å². The molecule has 0 saturated heterocycles. The van der Waals surface area contributed by atoms with Gasteiger partial charge in [-0.3, -0.25) is 0 Å². The van der Waals surface area contributed by atoms with Crippen molar-refractivity contribution in [2.75, 3.05) is 13.1 Å². The van der Waals surface area contributed by atoms with Crippen LogP contribution in [0.1, 0.15) is 12.8 Å². The second-order valence-corrected chi connectivity index (χ2v) is 2.69. The molecule has 1 nitrogen and oxygen atoms in total. The molecule has 0 aliphatic heterocycles. The first kappa shape index (κ1) is 7.92. The van der Waals surface area contributed by atoms with Crippen molar-refractivity contribution in [2.24, 2.45) is 5.92 Å². The minimum Gasteiger partial charge on any atom is -0.447 e. The summed E-state index contributed by atoms with van der Waals surface area (Å²) in [5, 5.41) is 0. The standard InChI is InChI=1S/C5H9BF3O/c7-6(8,9)4-10-3-5-1-2-5/h5H,1-4H2/q-1. The Morgan fingerprint density at radius 2 is 1.90 bits per heavy atom. The highest BCUT2D eigenvalue weighted by Crippen LogP contribution is 2.29. The van der Waals surface area contributed by atoms with E-state index in [0.29, 0.717) is 12.5 Å². The van der Waals surface area contributed by atoms with Crippen LogP contribution in [0.25, 0.3) is 0 Å². The quantitative estimate of drug-likeness (QED) is 0.559. The molecule has 1 saturated carbocycles. The number of halogens is 3. The van der Waals surface area contributed by atoms with Gasteiger partial charge in [-0.2, -0.15) is 0 Å². The van der Waals surface area contributed by atoms with Crippen LogP contribution in [0.3, 0.4) is 0 Å². The minimum absolute atomic E-state index is 0.293. The lowest BCUT2D eigenvalue weighted by Gasteiger charge is -2.13. The fourth-order valence-electron chi connectivity index (χ4n) is 0.653. The highest BCUT2D eigenvalue weighted by molar-refractivity contribution is 6.58. The van der Waals surface area contributed by atoms with Gasteiger partial charge in [-0.15, -0.1) is 0 Å². The van der Waals surface area contributed by atoms with Gasteiger partial charge < -0.3 is 17.7 Å². The molecule has 0 aromatic rings. The molecule has 0 unspecified atom stereocenters. The lowest BCUT2D eigenvalue weighted by molar-refractivity contribution is 0.140. The fourth-order valence-corrected chi connectivity index (χ4v) is 0.653. The third-order valence-electron chi connectivity index (χ3n) is 1.36. The Balaban J connectivity index is 1.93. The number of hydrogen-bond donors (Lipinski definition) is 0. The highest BCUT2D eigenvalue weighted by atomic mass is 19.4. The van der Waals surface area contributed by atoms with Crippen molar-refractivity contribution in [1.29, 1.82) is 0 Å². The van der Waals surface area contributed by atoms with Crippen LogP contribution in [0.15, 0.2) is 0 Å². The number of ether oxygens (including phenoxy) is 1. The largest absolute Gasteiger partial charge is 0.503 e. The van der Waals surface area contributed by atoms with Gasteiger partial charge in [0.25, 0.3) is 0 Å². The van der Waals surface area contributed by atoms with E-state index in [4.69, 9.17) is 0 Å². The summed E-state index contributed by atoms with van der Waals surface area (Å²) in [5.74, 6) is 0.415. The molecule has 0 heterocycles. The summed E-state index contributed by atoms with van der Waals surface area (Å²) in [6, 6.07) is 0. The summed E-state index contributed by atoms with van der Waals surface area (Å²) in [7, 11) is 0. The molecule has 0 radical (unpaired) electrons. The number of hydrogen-bond acceptors (Lipinski definition) is 1. The monoisotopic (exact) mass is 153 g/mol. The summed E-state index contributed by atoms with van der Waals surface area (Å²) < 4.78 is 38.8. The SMILES string of the molecule is F[B-](F)(F)COCC1CC1. The predicted octanol–water partition coefficient (Wildman–Crippen LogP) is 1.80. The first-order valence-corrected chi connectivity index (χ1v) is 3.36. The van der Waals surface area contributed by atoms with Gasteiger partial charge in [0.1, 0.15) is 0 Å². The van der Waals surface area contributed by atoms with Gasteiger partial charge in [0.05, 0.1) is 0 Å². The molecule has 1 fully saturated rings. The summed E-state index contributed by atoms with van der Waals surface area (Å²) in [5.41, 5.74) is 0. The molecule has 0 aromatic carbocycles. The minimum atomic E-state index is -4.73. The average molecular weight is 153 g/mol. The lowest BCUT2D eigenvalue weighted by Crippen LogP contribution is -2.24. The molecular weight excluding hydrogens is 144 g/mol. The van der Waals surface area contributed by atoms with E-state index in [0.717, 1.165) is 12.8 Å². The third kappa shape index (κ3) is 3.77. The van der Waals surface area contributed by atoms with E-state index in [-0.39, 0.29) is 0 Å². The van der Waals surface area contributed by atoms with Gasteiger partial charge in [0.15, 0.2) is 0 Å². The Morgan fingerprint density at radius 1 is 1.30 bits per heavy atom. The van der Waals surface area contributed by atoms with Crippen molar-refractivity contribution in [3.05, 3.63) is 0 Å². The molecular formula is C5H9BF3O-. The zero-order valence-corrected chi connectivity index (χ0v) is 5.53. The van der Waals surface area contributed by atoms with Crippen LogP contribution in [0.4, 0.5) is 12.9 Å². The first-order chi connectivity index (χ1) is 4.58. The van der Waals surface area contributed by atoms with E-state index in [1.807, 2.05) is 0 Å². The number of rotatable bonds is 4. The van der Waals surface area contributed by atoms with Crippen LogP contribution < -0.4 is 0 Å². The first-order valence-electron chi connectivity index (χ1n) is 3.36. The summed E-state index contributed by atoms with van der Waals surface area (Å²) in [4.78, 5) is 0. The zero-order valence-electron chi connectivity index (χ0n) is 5.53. The highest BCUT2D eigenvalue weighted by Gasteiger charge is 2.26. The Morgan fingerprint density at radius 3 is 2.30 bits per heavy atom. The molecule has 0 N–H and O–H groups in total.